The Bertz CT molecular complexity index is 461. The van der Waals surface area contributed by atoms with Crippen LogP contribution in [0.5, 0.6) is 0 Å². The van der Waals surface area contributed by atoms with Gasteiger partial charge in [0.05, 0.1) is 0 Å². The molecule has 0 bridgehead atoms. The number of nitrogens with one attached hydrogen (secondary N) is 1. The van der Waals surface area contributed by atoms with E-state index in [0.717, 1.165) is 31.6 Å². The van der Waals surface area contributed by atoms with Gasteiger partial charge in [-0.25, -0.2) is 4.39 Å². The largest absolute Gasteiger partial charge is 0.314 e. The zero-order chi connectivity index (χ0) is 15.4. The molecule has 0 radical (unpaired) electrons. The van der Waals surface area contributed by atoms with Crippen molar-refractivity contribution in [3.63, 3.8) is 0 Å². The lowest BCUT2D eigenvalue weighted by molar-refractivity contribution is 0.0867. The SMILES string of the molecule is CCNC1CCN(CCc2ccc(F)cc2C)C(C)C1C. The van der Waals surface area contributed by atoms with E-state index in [1.807, 2.05) is 13.0 Å². The first kappa shape index (κ1) is 16.4. The number of hydrogen-bond donors (Lipinski definition) is 1. The molecule has 0 saturated carbocycles. The summed E-state index contributed by atoms with van der Waals surface area (Å²) in [6, 6.07) is 6.40. The van der Waals surface area contributed by atoms with Gasteiger partial charge in [0.1, 0.15) is 5.82 Å². The first-order valence-corrected chi connectivity index (χ1v) is 8.25. The van der Waals surface area contributed by atoms with E-state index in [-0.39, 0.29) is 5.82 Å². The lowest BCUT2D eigenvalue weighted by Crippen LogP contribution is -2.53. The van der Waals surface area contributed by atoms with Crippen LogP contribution in [0.1, 0.15) is 38.3 Å². The van der Waals surface area contributed by atoms with Gasteiger partial charge in [-0.05, 0) is 69.0 Å². The third kappa shape index (κ3) is 4.04. The molecule has 0 spiro atoms. The average molecular weight is 292 g/mol. The minimum absolute atomic E-state index is 0.135. The van der Waals surface area contributed by atoms with Crippen LogP contribution in [0.15, 0.2) is 18.2 Å². The first-order valence-electron chi connectivity index (χ1n) is 8.25. The van der Waals surface area contributed by atoms with Crippen molar-refractivity contribution >= 4 is 0 Å². The highest BCUT2D eigenvalue weighted by atomic mass is 19.1. The molecule has 1 N–H and O–H groups in total. The summed E-state index contributed by atoms with van der Waals surface area (Å²) >= 11 is 0. The average Bonchev–Trinajstić information content (AvgIpc) is 2.45. The summed E-state index contributed by atoms with van der Waals surface area (Å²) in [5, 5.41) is 3.61. The fourth-order valence-corrected chi connectivity index (χ4v) is 3.51. The smallest absolute Gasteiger partial charge is 0.123 e. The second kappa shape index (κ2) is 7.37. The zero-order valence-corrected chi connectivity index (χ0v) is 13.8. The molecule has 2 nitrogen and oxygen atoms in total. The Labute approximate surface area is 128 Å². The van der Waals surface area contributed by atoms with Crippen LogP contribution in [-0.4, -0.2) is 36.6 Å². The topological polar surface area (TPSA) is 15.3 Å². The van der Waals surface area contributed by atoms with E-state index < -0.39 is 0 Å². The number of likely N-dealkylation sites (tertiary alicyclic amines) is 1. The van der Waals surface area contributed by atoms with Crippen LogP contribution in [0.4, 0.5) is 4.39 Å². The summed E-state index contributed by atoms with van der Waals surface area (Å²) in [5.41, 5.74) is 2.34. The minimum Gasteiger partial charge on any atom is -0.314 e. The highest BCUT2D eigenvalue weighted by Gasteiger charge is 2.31. The molecule has 0 amide bonds. The van der Waals surface area contributed by atoms with E-state index in [1.165, 1.54) is 12.0 Å². The van der Waals surface area contributed by atoms with Crippen molar-refractivity contribution in [3.05, 3.63) is 35.1 Å². The van der Waals surface area contributed by atoms with E-state index >= 15 is 0 Å². The van der Waals surface area contributed by atoms with Crippen molar-refractivity contribution in [2.24, 2.45) is 5.92 Å². The summed E-state index contributed by atoms with van der Waals surface area (Å²) in [6.45, 7) is 12.2. The Kier molecular flexibility index (Phi) is 5.77. The van der Waals surface area contributed by atoms with E-state index in [2.05, 4.69) is 31.0 Å². The molecule has 1 heterocycles. The molecule has 2 rings (SSSR count). The van der Waals surface area contributed by atoms with Crippen molar-refractivity contribution in [2.75, 3.05) is 19.6 Å². The molecule has 3 heteroatoms. The maximum absolute atomic E-state index is 13.2. The molecule has 3 atom stereocenters. The molecule has 1 aliphatic rings. The van der Waals surface area contributed by atoms with Crippen LogP contribution in [0.2, 0.25) is 0 Å². The lowest BCUT2D eigenvalue weighted by Gasteiger charge is -2.43. The molecule has 1 saturated heterocycles. The number of piperidine rings is 1. The van der Waals surface area contributed by atoms with Crippen LogP contribution in [0.3, 0.4) is 0 Å². The summed E-state index contributed by atoms with van der Waals surface area (Å²) in [5.74, 6) is 0.540. The maximum atomic E-state index is 13.2. The fraction of sp³-hybridized carbons (Fsp3) is 0.667. The second-order valence-electron chi connectivity index (χ2n) is 6.41. The quantitative estimate of drug-likeness (QED) is 0.895. The van der Waals surface area contributed by atoms with Crippen molar-refractivity contribution in [2.45, 2.75) is 52.6 Å². The summed E-state index contributed by atoms with van der Waals surface area (Å²) in [4.78, 5) is 2.58. The van der Waals surface area contributed by atoms with Crippen molar-refractivity contribution in [1.82, 2.24) is 10.2 Å². The molecule has 1 aromatic rings. The molecule has 0 aliphatic carbocycles. The van der Waals surface area contributed by atoms with Crippen LogP contribution in [0, 0.1) is 18.7 Å². The molecule has 118 valence electrons. The predicted molar refractivity (Wildman–Crippen MR) is 87.1 cm³/mol. The standard InChI is InChI=1S/C18H29FN2/c1-5-20-18-9-11-21(15(4)14(18)3)10-8-16-6-7-17(19)12-13(16)2/h6-7,12,14-15,18,20H,5,8-11H2,1-4H3. The summed E-state index contributed by atoms with van der Waals surface area (Å²) < 4.78 is 13.2. The normalized spacial score (nSPS) is 27.0. The molecule has 1 aromatic carbocycles. The van der Waals surface area contributed by atoms with Gasteiger partial charge in [0, 0.05) is 18.6 Å². The van der Waals surface area contributed by atoms with E-state index in [9.17, 15) is 4.39 Å². The van der Waals surface area contributed by atoms with E-state index in [4.69, 9.17) is 0 Å². The highest BCUT2D eigenvalue weighted by molar-refractivity contribution is 5.26. The zero-order valence-electron chi connectivity index (χ0n) is 13.8. The van der Waals surface area contributed by atoms with Crippen molar-refractivity contribution < 1.29 is 4.39 Å². The molecular weight excluding hydrogens is 263 g/mol. The van der Waals surface area contributed by atoms with Gasteiger partial charge in [-0.15, -0.1) is 0 Å². The minimum atomic E-state index is -0.135. The van der Waals surface area contributed by atoms with Gasteiger partial charge >= 0.3 is 0 Å². The predicted octanol–water partition coefficient (Wildman–Crippen LogP) is 3.39. The molecule has 1 aliphatic heterocycles. The maximum Gasteiger partial charge on any atom is 0.123 e. The molecule has 21 heavy (non-hydrogen) atoms. The number of halogens is 1. The Morgan fingerprint density at radius 2 is 2.10 bits per heavy atom. The summed E-state index contributed by atoms with van der Waals surface area (Å²) in [7, 11) is 0. The van der Waals surface area contributed by atoms with E-state index in [1.54, 1.807) is 12.1 Å². The highest BCUT2D eigenvalue weighted by Crippen LogP contribution is 2.24. The van der Waals surface area contributed by atoms with Crippen LogP contribution >= 0.6 is 0 Å². The lowest BCUT2D eigenvalue weighted by atomic mass is 9.86. The van der Waals surface area contributed by atoms with Gasteiger partial charge in [0.2, 0.25) is 0 Å². The Balaban J connectivity index is 1.92. The second-order valence-corrected chi connectivity index (χ2v) is 6.41. The Morgan fingerprint density at radius 3 is 2.76 bits per heavy atom. The Hall–Kier alpha value is -0.930. The van der Waals surface area contributed by atoms with Crippen molar-refractivity contribution in [3.8, 4) is 0 Å². The molecule has 3 unspecified atom stereocenters. The van der Waals surface area contributed by atoms with Gasteiger partial charge in [-0.3, -0.25) is 4.90 Å². The molecule has 1 fully saturated rings. The van der Waals surface area contributed by atoms with Crippen LogP contribution < -0.4 is 5.32 Å². The fourth-order valence-electron chi connectivity index (χ4n) is 3.51. The Morgan fingerprint density at radius 1 is 1.33 bits per heavy atom. The van der Waals surface area contributed by atoms with Gasteiger partial charge in [-0.1, -0.05) is 19.9 Å². The number of aryl methyl sites for hydroxylation is 1. The third-order valence-corrected chi connectivity index (χ3v) is 5.14. The number of nitrogens with zero attached hydrogens (tertiary/aromatic N) is 1. The first-order chi connectivity index (χ1) is 10.0. The number of hydrogen-bond acceptors (Lipinski definition) is 2. The van der Waals surface area contributed by atoms with Gasteiger partial charge in [0.15, 0.2) is 0 Å². The number of rotatable bonds is 5. The van der Waals surface area contributed by atoms with Crippen molar-refractivity contribution in [1.29, 1.82) is 0 Å². The summed E-state index contributed by atoms with van der Waals surface area (Å²) in [6.07, 6.45) is 2.23. The van der Waals surface area contributed by atoms with Crippen LogP contribution in [-0.2, 0) is 6.42 Å². The molecule has 0 aromatic heterocycles. The van der Waals surface area contributed by atoms with Gasteiger partial charge in [0.25, 0.3) is 0 Å². The van der Waals surface area contributed by atoms with Gasteiger partial charge in [-0.2, -0.15) is 0 Å². The van der Waals surface area contributed by atoms with E-state index in [0.29, 0.717) is 18.0 Å². The number of benzene rings is 1. The van der Waals surface area contributed by atoms with Crippen LogP contribution in [0.25, 0.3) is 0 Å². The monoisotopic (exact) mass is 292 g/mol. The van der Waals surface area contributed by atoms with Gasteiger partial charge < -0.3 is 5.32 Å². The third-order valence-electron chi connectivity index (χ3n) is 5.14. The molecular formula is C18H29FN2.